The molecule has 2 nitrogen and oxygen atoms in total. The van der Waals surface area contributed by atoms with Gasteiger partial charge in [-0.05, 0) is 25.5 Å². The van der Waals surface area contributed by atoms with Crippen LogP contribution in [0.2, 0.25) is 0 Å². The maximum Gasteiger partial charge on any atom is 0.0842 e. The zero-order valence-electron chi connectivity index (χ0n) is 6.70. The average Bonchev–Trinajstić information content (AvgIpc) is 2.05. The predicted molar refractivity (Wildman–Crippen MR) is 45.3 cm³/mol. The van der Waals surface area contributed by atoms with Crippen LogP contribution in [0.15, 0.2) is 24.6 Å². The first-order valence-electron chi connectivity index (χ1n) is 3.48. The SMILES string of the molecule is C/C(=C/O)c1ccc(C)cn1. The second kappa shape index (κ2) is 3.19. The van der Waals surface area contributed by atoms with Crippen molar-refractivity contribution in [1.82, 2.24) is 4.98 Å². The zero-order chi connectivity index (χ0) is 8.27. The van der Waals surface area contributed by atoms with Crippen LogP contribution in [-0.2, 0) is 0 Å². The highest BCUT2D eigenvalue weighted by Gasteiger charge is 1.94. The molecule has 0 aliphatic carbocycles. The summed E-state index contributed by atoms with van der Waals surface area (Å²) in [5.41, 5.74) is 2.72. The van der Waals surface area contributed by atoms with Gasteiger partial charge in [0.25, 0.3) is 0 Å². The minimum Gasteiger partial charge on any atom is -0.515 e. The van der Waals surface area contributed by atoms with Crippen molar-refractivity contribution in [2.24, 2.45) is 0 Å². The van der Waals surface area contributed by atoms with Crippen LogP contribution in [0.4, 0.5) is 0 Å². The molecule has 0 saturated carbocycles. The fourth-order valence-corrected chi connectivity index (χ4v) is 0.767. The van der Waals surface area contributed by atoms with Gasteiger partial charge in [-0.3, -0.25) is 4.98 Å². The average molecular weight is 149 g/mol. The van der Waals surface area contributed by atoms with Gasteiger partial charge in [0.05, 0.1) is 12.0 Å². The first-order valence-corrected chi connectivity index (χ1v) is 3.48. The maximum absolute atomic E-state index is 8.66. The molecule has 0 fully saturated rings. The zero-order valence-corrected chi connectivity index (χ0v) is 6.70. The Morgan fingerprint density at radius 2 is 2.27 bits per heavy atom. The highest BCUT2D eigenvalue weighted by Crippen LogP contribution is 2.09. The highest BCUT2D eigenvalue weighted by molar-refractivity contribution is 5.58. The van der Waals surface area contributed by atoms with Crippen LogP contribution in [0.3, 0.4) is 0 Å². The molecule has 1 aromatic rings. The number of aliphatic hydroxyl groups is 1. The molecule has 2 heteroatoms. The number of aliphatic hydroxyl groups excluding tert-OH is 1. The Morgan fingerprint density at radius 1 is 1.55 bits per heavy atom. The predicted octanol–water partition coefficient (Wildman–Crippen LogP) is 2.31. The van der Waals surface area contributed by atoms with E-state index >= 15 is 0 Å². The molecule has 0 atom stereocenters. The van der Waals surface area contributed by atoms with E-state index in [0.717, 1.165) is 23.1 Å². The van der Waals surface area contributed by atoms with Gasteiger partial charge in [0.15, 0.2) is 0 Å². The van der Waals surface area contributed by atoms with Gasteiger partial charge in [-0.15, -0.1) is 0 Å². The molecule has 0 bridgehead atoms. The Hall–Kier alpha value is -1.31. The van der Waals surface area contributed by atoms with Crippen molar-refractivity contribution < 1.29 is 5.11 Å². The molecular weight excluding hydrogens is 138 g/mol. The molecule has 0 aliphatic rings. The molecule has 1 rings (SSSR count). The number of nitrogens with zero attached hydrogens (tertiary/aromatic N) is 1. The van der Waals surface area contributed by atoms with Crippen LogP contribution in [0, 0.1) is 6.92 Å². The molecule has 1 heterocycles. The smallest absolute Gasteiger partial charge is 0.0842 e. The third-order valence-electron chi connectivity index (χ3n) is 1.51. The summed E-state index contributed by atoms with van der Waals surface area (Å²) in [6.45, 7) is 3.80. The van der Waals surface area contributed by atoms with Crippen LogP contribution in [0.5, 0.6) is 0 Å². The molecule has 0 radical (unpaired) electrons. The van der Waals surface area contributed by atoms with Crippen LogP contribution < -0.4 is 0 Å². The minimum atomic E-state index is 0.782. The van der Waals surface area contributed by atoms with E-state index in [0.29, 0.717) is 0 Å². The first-order chi connectivity index (χ1) is 5.24. The molecule has 11 heavy (non-hydrogen) atoms. The van der Waals surface area contributed by atoms with E-state index in [1.54, 1.807) is 6.20 Å². The van der Waals surface area contributed by atoms with E-state index in [-0.39, 0.29) is 0 Å². The van der Waals surface area contributed by atoms with E-state index in [1.165, 1.54) is 0 Å². The van der Waals surface area contributed by atoms with Gasteiger partial charge in [-0.1, -0.05) is 6.07 Å². The van der Waals surface area contributed by atoms with Crippen molar-refractivity contribution in [2.75, 3.05) is 0 Å². The van der Waals surface area contributed by atoms with E-state index < -0.39 is 0 Å². The molecule has 1 N–H and O–H groups in total. The molecule has 0 unspecified atom stereocenters. The lowest BCUT2D eigenvalue weighted by Crippen LogP contribution is -1.85. The number of aryl methyl sites for hydroxylation is 1. The Labute approximate surface area is 66.2 Å². The summed E-state index contributed by atoms with van der Waals surface area (Å²) in [6.07, 6.45) is 2.85. The second-order valence-corrected chi connectivity index (χ2v) is 2.53. The Bertz CT molecular complexity index is 261. The van der Waals surface area contributed by atoms with Gasteiger partial charge in [0.2, 0.25) is 0 Å². The molecule has 0 saturated heterocycles. The standard InChI is InChI=1S/C9H11NO/c1-7-3-4-9(10-5-7)8(2)6-11/h3-6,11H,1-2H3/b8-6-. The maximum atomic E-state index is 8.66. The number of pyridine rings is 1. The van der Waals surface area contributed by atoms with Gasteiger partial charge in [-0.2, -0.15) is 0 Å². The van der Waals surface area contributed by atoms with Crippen molar-refractivity contribution in [3.63, 3.8) is 0 Å². The van der Waals surface area contributed by atoms with Crippen LogP contribution in [-0.4, -0.2) is 10.1 Å². The third-order valence-corrected chi connectivity index (χ3v) is 1.51. The molecule has 58 valence electrons. The minimum absolute atomic E-state index is 0.782. The van der Waals surface area contributed by atoms with Crippen molar-refractivity contribution in [3.05, 3.63) is 35.8 Å². The van der Waals surface area contributed by atoms with Gasteiger partial charge >= 0.3 is 0 Å². The molecule has 0 spiro atoms. The largest absolute Gasteiger partial charge is 0.515 e. The second-order valence-electron chi connectivity index (χ2n) is 2.53. The summed E-state index contributed by atoms with van der Waals surface area (Å²) in [7, 11) is 0. The van der Waals surface area contributed by atoms with Crippen LogP contribution >= 0.6 is 0 Å². The van der Waals surface area contributed by atoms with Crippen LogP contribution in [0.1, 0.15) is 18.2 Å². The molecule has 0 amide bonds. The normalized spacial score (nSPS) is 11.6. The topological polar surface area (TPSA) is 33.1 Å². The summed E-state index contributed by atoms with van der Waals surface area (Å²) in [5.74, 6) is 0. The first kappa shape index (κ1) is 7.79. The molecule has 1 aromatic heterocycles. The van der Waals surface area contributed by atoms with Gasteiger partial charge in [0, 0.05) is 11.8 Å². The number of aromatic nitrogens is 1. The lowest BCUT2D eigenvalue weighted by molar-refractivity contribution is 0.475. The van der Waals surface area contributed by atoms with Gasteiger partial charge in [-0.25, -0.2) is 0 Å². The molecular formula is C9H11NO. The third kappa shape index (κ3) is 1.80. The van der Waals surface area contributed by atoms with Gasteiger partial charge in [0.1, 0.15) is 0 Å². The fourth-order valence-electron chi connectivity index (χ4n) is 0.767. The number of rotatable bonds is 1. The Kier molecular flexibility index (Phi) is 2.26. The monoisotopic (exact) mass is 149 g/mol. The van der Waals surface area contributed by atoms with E-state index in [9.17, 15) is 0 Å². The Balaban J connectivity index is 2.99. The number of hydrogen-bond donors (Lipinski definition) is 1. The van der Waals surface area contributed by atoms with Crippen LogP contribution in [0.25, 0.3) is 5.57 Å². The fraction of sp³-hybridized carbons (Fsp3) is 0.222. The quantitative estimate of drug-likeness (QED) is 0.621. The van der Waals surface area contributed by atoms with Gasteiger partial charge < -0.3 is 5.11 Å². The van der Waals surface area contributed by atoms with Crippen molar-refractivity contribution in [2.45, 2.75) is 13.8 Å². The lowest BCUT2D eigenvalue weighted by Gasteiger charge is -1.97. The summed E-state index contributed by atoms with van der Waals surface area (Å²) in [5, 5.41) is 8.66. The van der Waals surface area contributed by atoms with Crippen molar-refractivity contribution >= 4 is 5.57 Å². The number of hydrogen-bond acceptors (Lipinski definition) is 2. The van der Waals surface area contributed by atoms with Crippen molar-refractivity contribution in [3.8, 4) is 0 Å². The summed E-state index contributed by atoms with van der Waals surface area (Å²) in [6, 6.07) is 3.85. The highest BCUT2D eigenvalue weighted by atomic mass is 16.2. The Morgan fingerprint density at radius 3 is 2.73 bits per heavy atom. The van der Waals surface area contributed by atoms with Crippen molar-refractivity contribution in [1.29, 1.82) is 0 Å². The lowest BCUT2D eigenvalue weighted by atomic mass is 10.2. The molecule has 0 aliphatic heterocycles. The summed E-state index contributed by atoms with van der Waals surface area (Å²) in [4.78, 5) is 4.12. The van der Waals surface area contributed by atoms with E-state index in [2.05, 4.69) is 4.98 Å². The summed E-state index contributed by atoms with van der Waals surface area (Å²) < 4.78 is 0. The number of allylic oxidation sites excluding steroid dienone is 1. The molecule has 0 aromatic carbocycles. The van der Waals surface area contributed by atoms with E-state index in [4.69, 9.17) is 5.11 Å². The van der Waals surface area contributed by atoms with E-state index in [1.807, 2.05) is 26.0 Å². The summed E-state index contributed by atoms with van der Waals surface area (Å²) >= 11 is 0.